The molecule has 1 N–H and O–H groups in total. The van der Waals surface area contributed by atoms with Crippen molar-refractivity contribution in [3.05, 3.63) is 11.9 Å². The van der Waals surface area contributed by atoms with E-state index in [1.54, 1.807) is 0 Å². The van der Waals surface area contributed by atoms with Crippen LogP contribution in [0.2, 0.25) is 0 Å². The molecule has 1 aliphatic carbocycles. The third-order valence-electron chi connectivity index (χ3n) is 4.38. The molecule has 0 aliphatic heterocycles. The van der Waals surface area contributed by atoms with E-state index in [0.717, 1.165) is 36.4 Å². The van der Waals surface area contributed by atoms with Gasteiger partial charge in [0, 0.05) is 18.8 Å². The van der Waals surface area contributed by atoms with E-state index in [1.165, 1.54) is 19.3 Å². The Morgan fingerprint density at radius 3 is 2.89 bits per heavy atom. The summed E-state index contributed by atoms with van der Waals surface area (Å²) in [5.74, 6) is 2.64. The lowest BCUT2D eigenvalue weighted by Gasteiger charge is -2.34. The van der Waals surface area contributed by atoms with Gasteiger partial charge in [-0.2, -0.15) is 0 Å². The number of anilines is 1. The number of imidazole rings is 1. The van der Waals surface area contributed by atoms with Gasteiger partial charge in [0.25, 0.3) is 0 Å². The van der Waals surface area contributed by atoms with Crippen LogP contribution in [-0.4, -0.2) is 15.6 Å². The maximum Gasteiger partial charge on any atom is 0.203 e. The van der Waals surface area contributed by atoms with Gasteiger partial charge in [0.15, 0.2) is 0 Å². The zero-order valence-corrected chi connectivity index (χ0v) is 12.2. The first-order valence-electron chi connectivity index (χ1n) is 7.42. The number of nitrogens with zero attached hydrogens (tertiary/aromatic N) is 2. The van der Waals surface area contributed by atoms with Crippen LogP contribution in [0.1, 0.15) is 52.1 Å². The fourth-order valence-corrected chi connectivity index (χ4v) is 3.02. The van der Waals surface area contributed by atoms with E-state index < -0.39 is 0 Å². The average molecular weight is 249 g/mol. The lowest BCUT2D eigenvalue weighted by atomic mass is 9.78. The second-order valence-electron chi connectivity index (χ2n) is 5.92. The molecule has 0 aromatic carbocycles. The molecule has 3 unspecified atom stereocenters. The summed E-state index contributed by atoms with van der Waals surface area (Å²) < 4.78 is 2.27. The quantitative estimate of drug-likeness (QED) is 0.878. The van der Waals surface area contributed by atoms with Crippen LogP contribution in [0.5, 0.6) is 0 Å². The first kappa shape index (κ1) is 13.4. The van der Waals surface area contributed by atoms with Crippen LogP contribution >= 0.6 is 0 Å². The molecule has 0 saturated heterocycles. The minimum absolute atomic E-state index is 0.589. The first-order valence-corrected chi connectivity index (χ1v) is 7.42. The van der Waals surface area contributed by atoms with Gasteiger partial charge in [-0.15, -0.1) is 0 Å². The molecule has 1 fully saturated rings. The standard InChI is InChI=1S/C15H27N3/c1-5-9-18-10-12(3)16-15(18)17-14-8-6-7-11(2)13(14)4/h10-11,13-14H,5-9H2,1-4H3,(H,16,17). The van der Waals surface area contributed by atoms with Gasteiger partial charge in [0.2, 0.25) is 5.95 Å². The third-order valence-corrected chi connectivity index (χ3v) is 4.38. The molecule has 1 aliphatic rings. The van der Waals surface area contributed by atoms with Gasteiger partial charge in [0.1, 0.15) is 0 Å². The van der Waals surface area contributed by atoms with E-state index in [-0.39, 0.29) is 0 Å². The molecule has 1 heterocycles. The molecule has 0 amide bonds. The molecular formula is C15H27N3. The lowest BCUT2D eigenvalue weighted by molar-refractivity contribution is 0.252. The summed E-state index contributed by atoms with van der Waals surface area (Å²) in [6, 6.07) is 0.589. The Labute approximate surface area is 111 Å². The van der Waals surface area contributed by atoms with Gasteiger partial charge in [-0.25, -0.2) is 4.98 Å². The third kappa shape index (κ3) is 2.88. The summed E-state index contributed by atoms with van der Waals surface area (Å²) in [6.45, 7) is 10.1. The summed E-state index contributed by atoms with van der Waals surface area (Å²) in [5.41, 5.74) is 1.11. The van der Waals surface area contributed by atoms with Crippen molar-refractivity contribution in [3.8, 4) is 0 Å². The van der Waals surface area contributed by atoms with Crippen molar-refractivity contribution in [2.45, 2.75) is 66.0 Å². The highest BCUT2D eigenvalue weighted by Gasteiger charge is 2.27. The SMILES string of the molecule is CCCn1cc(C)nc1NC1CCCC(C)C1C. The largest absolute Gasteiger partial charge is 0.353 e. The zero-order chi connectivity index (χ0) is 13.1. The predicted octanol–water partition coefficient (Wildman–Crippen LogP) is 3.84. The molecule has 3 atom stereocenters. The highest BCUT2D eigenvalue weighted by atomic mass is 15.2. The fraction of sp³-hybridized carbons (Fsp3) is 0.800. The van der Waals surface area contributed by atoms with Crippen LogP contribution < -0.4 is 5.32 Å². The number of nitrogens with one attached hydrogen (secondary N) is 1. The number of hydrogen-bond donors (Lipinski definition) is 1. The fourth-order valence-electron chi connectivity index (χ4n) is 3.02. The second kappa shape index (κ2) is 5.77. The molecule has 102 valence electrons. The van der Waals surface area contributed by atoms with Crippen molar-refractivity contribution < 1.29 is 0 Å². The van der Waals surface area contributed by atoms with Crippen LogP contribution in [0.25, 0.3) is 0 Å². The monoisotopic (exact) mass is 249 g/mol. The Hall–Kier alpha value is -0.990. The van der Waals surface area contributed by atoms with Crippen molar-refractivity contribution in [2.75, 3.05) is 5.32 Å². The molecule has 1 saturated carbocycles. The van der Waals surface area contributed by atoms with E-state index in [9.17, 15) is 0 Å². The van der Waals surface area contributed by atoms with E-state index in [4.69, 9.17) is 0 Å². The number of aromatic nitrogens is 2. The van der Waals surface area contributed by atoms with Crippen LogP contribution in [0, 0.1) is 18.8 Å². The zero-order valence-electron chi connectivity index (χ0n) is 12.2. The number of rotatable bonds is 4. The highest BCUT2D eigenvalue weighted by Crippen LogP contribution is 2.31. The van der Waals surface area contributed by atoms with Crippen LogP contribution in [0.4, 0.5) is 5.95 Å². The normalized spacial score (nSPS) is 28.3. The number of hydrogen-bond acceptors (Lipinski definition) is 2. The summed E-state index contributed by atoms with van der Waals surface area (Å²) in [4.78, 5) is 4.63. The van der Waals surface area contributed by atoms with Gasteiger partial charge >= 0.3 is 0 Å². The lowest BCUT2D eigenvalue weighted by Crippen LogP contribution is -2.35. The average Bonchev–Trinajstić information content (AvgIpc) is 2.66. The van der Waals surface area contributed by atoms with Crippen molar-refractivity contribution >= 4 is 5.95 Å². The minimum Gasteiger partial charge on any atom is -0.353 e. The molecule has 1 aromatic heterocycles. The Bertz CT molecular complexity index is 383. The van der Waals surface area contributed by atoms with Crippen molar-refractivity contribution in [1.82, 2.24) is 9.55 Å². The maximum absolute atomic E-state index is 4.63. The van der Waals surface area contributed by atoms with Crippen LogP contribution in [0.3, 0.4) is 0 Å². The molecule has 0 spiro atoms. The minimum atomic E-state index is 0.589. The Morgan fingerprint density at radius 1 is 1.39 bits per heavy atom. The molecule has 1 aromatic rings. The van der Waals surface area contributed by atoms with Gasteiger partial charge in [-0.1, -0.05) is 33.6 Å². The van der Waals surface area contributed by atoms with E-state index in [1.807, 2.05) is 0 Å². The summed E-state index contributed by atoms with van der Waals surface area (Å²) >= 11 is 0. The van der Waals surface area contributed by atoms with E-state index >= 15 is 0 Å². The van der Waals surface area contributed by atoms with Gasteiger partial charge in [0.05, 0.1) is 5.69 Å². The van der Waals surface area contributed by atoms with Crippen molar-refractivity contribution in [1.29, 1.82) is 0 Å². The Kier molecular flexibility index (Phi) is 4.31. The summed E-state index contributed by atoms with van der Waals surface area (Å²) in [5, 5.41) is 3.69. The smallest absolute Gasteiger partial charge is 0.203 e. The molecule has 3 heteroatoms. The van der Waals surface area contributed by atoms with E-state index in [0.29, 0.717) is 6.04 Å². The molecule has 0 bridgehead atoms. The van der Waals surface area contributed by atoms with Gasteiger partial charge < -0.3 is 9.88 Å². The predicted molar refractivity (Wildman–Crippen MR) is 76.8 cm³/mol. The van der Waals surface area contributed by atoms with Crippen molar-refractivity contribution in [2.24, 2.45) is 11.8 Å². The van der Waals surface area contributed by atoms with E-state index in [2.05, 4.69) is 48.8 Å². The molecule has 0 radical (unpaired) electrons. The van der Waals surface area contributed by atoms with Gasteiger partial charge in [-0.3, -0.25) is 0 Å². The molecule has 18 heavy (non-hydrogen) atoms. The topological polar surface area (TPSA) is 29.9 Å². The molecule has 2 rings (SSSR count). The number of aryl methyl sites for hydroxylation is 2. The summed E-state index contributed by atoms with van der Waals surface area (Å²) in [7, 11) is 0. The van der Waals surface area contributed by atoms with Gasteiger partial charge in [-0.05, 0) is 31.6 Å². The van der Waals surface area contributed by atoms with Crippen LogP contribution in [0.15, 0.2) is 6.20 Å². The molecular weight excluding hydrogens is 222 g/mol. The second-order valence-corrected chi connectivity index (χ2v) is 5.92. The Morgan fingerprint density at radius 2 is 2.17 bits per heavy atom. The first-order chi connectivity index (χ1) is 8.61. The van der Waals surface area contributed by atoms with Crippen molar-refractivity contribution in [3.63, 3.8) is 0 Å². The Balaban J connectivity index is 2.08. The highest BCUT2D eigenvalue weighted by molar-refractivity contribution is 5.30. The van der Waals surface area contributed by atoms with Crippen LogP contribution in [-0.2, 0) is 6.54 Å². The maximum atomic E-state index is 4.63. The molecule has 3 nitrogen and oxygen atoms in total. The summed E-state index contributed by atoms with van der Waals surface area (Å²) in [6.07, 6.45) is 7.31.